The Morgan fingerprint density at radius 3 is 1.42 bits per heavy atom. The van der Waals surface area contributed by atoms with E-state index in [9.17, 15) is 0 Å². The standard InChI is InChI=1S/C56H36N4/c1-4-16-37(17-5-1)40-22-14-24-42(32-40)59-52-28-12-10-25-45(52)48-34-49-46-26-11-13-29-53(46)60(55(49)36-54(48)59)43-30-31-44-41(33-43)23-15-27-47(44)56-57-50(38-18-6-2-7-19-38)35-51(58-56)39-20-8-3-9-21-39/h1-36H. The quantitative estimate of drug-likeness (QED) is 0.169. The lowest BCUT2D eigenvalue weighted by molar-refractivity contribution is 1.17. The summed E-state index contributed by atoms with van der Waals surface area (Å²) in [6, 6.07) is 78.0. The summed E-state index contributed by atoms with van der Waals surface area (Å²) in [7, 11) is 0. The van der Waals surface area contributed by atoms with Crippen molar-refractivity contribution in [2.24, 2.45) is 0 Å². The van der Waals surface area contributed by atoms with Crippen LogP contribution in [0.3, 0.4) is 0 Å². The fraction of sp³-hybridized carbons (Fsp3) is 0. The molecule has 0 saturated carbocycles. The first-order chi connectivity index (χ1) is 29.7. The van der Waals surface area contributed by atoms with Crippen LogP contribution in [0.15, 0.2) is 218 Å². The molecular weight excluding hydrogens is 729 g/mol. The molecular formula is C56H36N4. The van der Waals surface area contributed by atoms with Gasteiger partial charge in [-0.1, -0.05) is 164 Å². The van der Waals surface area contributed by atoms with E-state index >= 15 is 0 Å². The molecule has 12 rings (SSSR count). The maximum absolute atomic E-state index is 5.19. The highest BCUT2D eigenvalue weighted by Gasteiger charge is 2.20. The van der Waals surface area contributed by atoms with Gasteiger partial charge in [0.1, 0.15) is 0 Å². The van der Waals surface area contributed by atoms with Gasteiger partial charge in [0.05, 0.1) is 33.5 Å². The molecule has 3 aromatic heterocycles. The van der Waals surface area contributed by atoms with Crippen LogP contribution in [0, 0.1) is 0 Å². The summed E-state index contributed by atoms with van der Waals surface area (Å²) < 4.78 is 4.86. The first-order valence-corrected chi connectivity index (χ1v) is 20.4. The zero-order chi connectivity index (χ0) is 39.6. The van der Waals surface area contributed by atoms with E-state index in [0.29, 0.717) is 5.82 Å². The monoisotopic (exact) mass is 764 g/mol. The molecule has 4 nitrogen and oxygen atoms in total. The summed E-state index contributed by atoms with van der Waals surface area (Å²) in [6.45, 7) is 0. The Balaban J connectivity index is 1.06. The third kappa shape index (κ3) is 5.53. The van der Waals surface area contributed by atoms with E-state index in [2.05, 4.69) is 215 Å². The van der Waals surface area contributed by atoms with E-state index in [1.54, 1.807) is 0 Å². The van der Waals surface area contributed by atoms with Crippen molar-refractivity contribution in [1.82, 2.24) is 19.1 Å². The minimum atomic E-state index is 0.706. The van der Waals surface area contributed by atoms with Crippen LogP contribution < -0.4 is 0 Å². The summed E-state index contributed by atoms with van der Waals surface area (Å²) >= 11 is 0. The Labute approximate surface area is 346 Å². The third-order valence-corrected chi connectivity index (χ3v) is 11.9. The maximum Gasteiger partial charge on any atom is 0.161 e. The van der Waals surface area contributed by atoms with Crippen molar-refractivity contribution >= 4 is 54.4 Å². The summed E-state index contributed by atoms with van der Waals surface area (Å²) in [5.74, 6) is 0.706. The van der Waals surface area contributed by atoms with Gasteiger partial charge in [-0.2, -0.15) is 0 Å². The van der Waals surface area contributed by atoms with Crippen LogP contribution in [0.5, 0.6) is 0 Å². The predicted molar refractivity (Wildman–Crippen MR) is 250 cm³/mol. The molecule has 0 saturated heterocycles. The van der Waals surface area contributed by atoms with Crippen molar-refractivity contribution in [1.29, 1.82) is 0 Å². The minimum absolute atomic E-state index is 0.706. The van der Waals surface area contributed by atoms with Gasteiger partial charge in [0.25, 0.3) is 0 Å². The molecule has 0 bridgehead atoms. The lowest BCUT2D eigenvalue weighted by Gasteiger charge is -2.13. The van der Waals surface area contributed by atoms with Crippen LogP contribution in [-0.2, 0) is 0 Å². The number of para-hydroxylation sites is 2. The van der Waals surface area contributed by atoms with Gasteiger partial charge in [0.2, 0.25) is 0 Å². The van der Waals surface area contributed by atoms with Crippen molar-refractivity contribution < 1.29 is 0 Å². The normalized spacial score (nSPS) is 11.7. The second-order valence-corrected chi connectivity index (χ2v) is 15.4. The fourth-order valence-electron chi connectivity index (χ4n) is 9.13. The minimum Gasteiger partial charge on any atom is -0.309 e. The average Bonchev–Trinajstić information content (AvgIpc) is 3.83. The highest BCUT2D eigenvalue weighted by atomic mass is 15.0. The molecule has 0 amide bonds. The van der Waals surface area contributed by atoms with Crippen molar-refractivity contribution in [2.75, 3.05) is 0 Å². The molecule has 0 aliphatic heterocycles. The van der Waals surface area contributed by atoms with E-state index in [1.165, 1.54) is 49.2 Å². The molecule has 0 radical (unpaired) electrons. The van der Waals surface area contributed by atoms with E-state index < -0.39 is 0 Å². The summed E-state index contributed by atoms with van der Waals surface area (Å²) in [5, 5.41) is 7.16. The second kappa shape index (κ2) is 13.8. The van der Waals surface area contributed by atoms with Gasteiger partial charge in [0, 0.05) is 49.6 Å². The maximum atomic E-state index is 5.19. The molecule has 4 heteroatoms. The van der Waals surface area contributed by atoms with Crippen molar-refractivity contribution in [3.05, 3.63) is 218 Å². The molecule has 0 unspecified atom stereocenters. The van der Waals surface area contributed by atoms with Gasteiger partial charge in [0.15, 0.2) is 5.82 Å². The van der Waals surface area contributed by atoms with Gasteiger partial charge in [-0.05, 0) is 76.5 Å². The van der Waals surface area contributed by atoms with Crippen LogP contribution in [0.2, 0.25) is 0 Å². The van der Waals surface area contributed by atoms with Crippen molar-refractivity contribution in [2.45, 2.75) is 0 Å². The van der Waals surface area contributed by atoms with E-state index in [4.69, 9.17) is 9.97 Å². The molecule has 0 aliphatic rings. The zero-order valence-corrected chi connectivity index (χ0v) is 32.6. The van der Waals surface area contributed by atoms with Gasteiger partial charge < -0.3 is 9.13 Å². The molecule has 0 aliphatic carbocycles. The zero-order valence-electron chi connectivity index (χ0n) is 32.6. The molecule has 3 heterocycles. The first-order valence-electron chi connectivity index (χ1n) is 20.4. The Morgan fingerprint density at radius 1 is 0.283 bits per heavy atom. The van der Waals surface area contributed by atoms with Gasteiger partial charge in [-0.15, -0.1) is 0 Å². The van der Waals surface area contributed by atoms with Gasteiger partial charge >= 0.3 is 0 Å². The number of rotatable bonds is 6. The molecule has 60 heavy (non-hydrogen) atoms. The van der Waals surface area contributed by atoms with Crippen LogP contribution in [0.25, 0.3) is 111 Å². The Hall–Kier alpha value is -8.08. The number of fused-ring (bicyclic) bond motifs is 7. The summed E-state index contributed by atoms with van der Waals surface area (Å²) in [4.78, 5) is 10.4. The SMILES string of the molecule is c1ccc(-c2cccc(-n3c4ccccc4c4cc5c6ccccc6n(-c6ccc7c(-c8nc(-c9ccccc9)cc(-c9ccccc9)n8)cccc7c6)c5cc43)c2)cc1. The lowest BCUT2D eigenvalue weighted by atomic mass is 10.0. The first kappa shape index (κ1) is 34.0. The Bertz CT molecular complexity index is 3530. The number of hydrogen-bond donors (Lipinski definition) is 0. The number of hydrogen-bond acceptors (Lipinski definition) is 2. The molecule has 9 aromatic carbocycles. The van der Waals surface area contributed by atoms with Crippen LogP contribution in [-0.4, -0.2) is 19.1 Å². The highest BCUT2D eigenvalue weighted by molar-refractivity contribution is 6.19. The lowest BCUT2D eigenvalue weighted by Crippen LogP contribution is -1.98. The van der Waals surface area contributed by atoms with E-state index in [-0.39, 0.29) is 0 Å². The molecule has 12 aromatic rings. The number of benzene rings is 9. The summed E-state index contributed by atoms with van der Waals surface area (Å²) in [6.07, 6.45) is 0. The molecule has 0 fully saturated rings. The molecule has 0 spiro atoms. The molecule has 0 N–H and O–H groups in total. The average molecular weight is 765 g/mol. The van der Waals surface area contributed by atoms with Crippen LogP contribution in [0.1, 0.15) is 0 Å². The summed E-state index contributed by atoms with van der Waals surface area (Å²) in [5.41, 5.74) is 14.2. The second-order valence-electron chi connectivity index (χ2n) is 15.4. The van der Waals surface area contributed by atoms with Crippen LogP contribution >= 0.6 is 0 Å². The number of nitrogens with zero attached hydrogens (tertiary/aromatic N) is 4. The largest absolute Gasteiger partial charge is 0.309 e. The van der Waals surface area contributed by atoms with E-state index in [1.807, 2.05) is 12.1 Å². The Kier molecular flexibility index (Phi) is 7.82. The van der Waals surface area contributed by atoms with Crippen molar-refractivity contribution in [3.8, 4) is 56.4 Å². The van der Waals surface area contributed by atoms with Crippen molar-refractivity contribution in [3.63, 3.8) is 0 Å². The highest BCUT2D eigenvalue weighted by Crippen LogP contribution is 2.41. The molecule has 280 valence electrons. The van der Waals surface area contributed by atoms with Gasteiger partial charge in [-0.3, -0.25) is 0 Å². The van der Waals surface area contributed by atoms with Gasteiger partial charge in [-0.25, -0.2) is 9.97 Å². The smallest absolute Gasteiger partial charge is 0.161 e. The number of aromatic nitrogens is 4. The topological polar surface area (TPSA) is 35.6 Å². The van der Waals surface area contributed by atoms with Crippen LogP contribution in [0.4, 0.5) is 0 Å². The third-order valence-electron chi connectivity index (χ3n) is 11.9. The molecule has 0 atom stereocenters. The Morgan fingerprint density at radius 2 is 0.800 bits per heavy atom. The van der Waals surface area contributed by atoms with E-state index in [0.717, 1.165) is 55.7 Å². The fourth-order valence-corrected chi connectivity index (χ4v) is 9.13. The predicted octanol–water partition coefficient (Wildman–Crippen LogP) is 14.5.